The standard InChI is InChI=1S/C18H17NO4S/c1-13-8-10-16(11-9-13)24(21,22)19-17(12-23-18(19)20)14(2)15-6-4-3-5-7-15/h3-12,14H,1-2H3. The average molecular weight is 343 g/mol. The number of benzene rings is 2. The molecule has 6 heteroatoms. The number of aryl methyl sites for hydroxylation is 1. The van der Waals surface area contributed by atoms with Gasteiger partial charge in [0.2, 0.25) is 0 Å². The maximum Gasteiger partial charge on any atom is 0.433 e. The fourth-order valence-corrected chi connectivity index (χ4v) is 3.96. The summed E-state index contributed by atoms with van der Waals surface area (Å²) < 4.78 is 31.4. The molecule has 0 fully saturated rings. The summed E-state index contributed by atoms with van der Waals surface area (Å²) in [5.74, 6) is -1.22. The molecule has 2 aromatic carbocycles. The van der Waals surface area contributed by atoms with Crippen molar-refractivity contribution in [2.45, 2.75) is 24.7 Å². The third kappa shape index (κ3) is 2.80. The van der Waals surface area contributed by atoms with Crippen molar-refractivity contribution in [2.24, 2.45) is 0 Å². The van der Waals surface area contributed by atoms with E-state index >= 15 is 0 Å². The van der Waals surface area contributed by atoms with Crippen LogP contribution in [0.1, 0.15) is 29.7 Å². The van der Waals surface area contributed by atoms with Crippen LogP contribution in [-0.4, -0.2) is 12.4 Å². The quantitative estimate of drug-likeness (QED) is 0.730. The summed E-state index contributed by atoms with van der Waals surface area (Å²) in [7, 11) is -4.02. The van der Waals surface area contributed by atoms with E-state index in [0.29, 0.717) is 5.69 Å². The van der Waals surface area contributed by atoms with Crippen molar-refractivity contribution >= 4 is 10.0 Å². The van der Waals surface area contributed by atoms with Gasteiger partial charge in [-0.25, -0.2) is 13.2 Å². The fraction of sp³-hybridized carbons (Fsp3) is 0.167. The Kier molecular flexibility index (Phi) is 4.15. The van der Waals surface area contributed by atoms with E-state index in [0.717, 1.165) is 15.1 Å². The number of rotatable bonds is 4. The summed E-state index contributed by atoms with van der Waals surface area (Å²) >= 11 is 0. The maximum atomic E-state index is 12.9. The number of oxazole rings is 1. The zero-order valence-electron chi connectivity index (χ0n) is 13.3. The molecule has 3 rings (SSSR count). The average Bonchev–Trinajstić information content (AvgIpc) is 2.98. The van der Waals surface area contributed by atoms with Gasteiger partial charge < -0.3 is 4.42 Å². The van der Waals surface area contributed by atoms with Gasteiger partial charge in [0.05, 0.1) is 10.6 Å². The molecule has 0 radical (unpaired) electrons. The lowest BCUT2D eigenvalue weighted by Gasteiger charge is -2.14. The van der Waals surface area contributed by atoms with E-state index in [9.17, 15) is 13.2 Å². The molecule has 5 nitrogen and oxygen atoms in total. The van der Waals surface area contributed by atoms with Crippen LogP contribution in [0.15, 0.2) is 75.0 Å². The Hall–Kier alpha value is -2.60. The molecule has 0 bridgehead atoms. The minimum Gasteiger partial charge on any atom is -0.415 e. The molecule has 124 valence electrons. The van der Waals surface area contributed by atoms with Gasteiger partial charge in [-0.3, -0.25) is 0 Å². The SMILES string of the molecule is Cc1ccc(S(=O)(=O)n2c(C(C)c3ccccc3)coc2=O)cc1. The summed E-state index contributed by atoms with van der Waals surface area (Å²) in [5.41, 5.74) is 2.13. The molecular formula is C18H17NO4S. The second kappa shape index (κ2) is 6.13. The summed E-state index contributed by atoms with van der Waals surface area (Å²) in [6.07, 6.45) is 1.21. The Balaban J connectivity index is 2.14. The number of hydrogen-bond donors (Lipinski definition) is 0. The minimum atomic E-state index is -4.02. The van der Waals surface area contributed by atoms with Crippen LogP contribution in [0, 0.1) is 6.92 Å². The lowest BCUT2D eigenvalue weighted by molar-refractivity contribution is 0.503. The van der Waals surface area contributed by atoms with E-state index in [1.807, 2.05) is 44.2 Å². The molecule has 1 heterocycles. The predicted molar refractivity (Wildman–Crippen MR) is 90.7 cm³/mol. The molecule has 0 N–H and O–H groups in total. The highest BCUT2D eigenvalue weighted by molar-refractivity contribution is 7.90. The monoisotopic (exact) mass is 343 g/mol. The van der Waals surface area contributed by atoms with E-state index < -0.39 is 15.8 Å². The van der Waals surface area contributed by atoms with Gasteiger partial charge in [0, 0.05) is 5.92 Å². The van der Waals surface area contributed by atoms with E-state index in [4.69, 9.17) is 4.42 Å². The van der Waals surface area contributed by atoms with Gasteiger partial charge in [-0.2, -0.15) is 3.97 Å². The highest BCUT2D eigenvalue weighted by Crippen LogP contribution is 2.26. The highest BCUT2D eigenvalue weighted by atomic mass is 32.2. The van der Waals surface area contributed by atoms with Crippen LogP contribution in [0.3, 0.4) is 0 Å². The molecular weight excluding hydrogens is 326 g/mol. The number of hydrogen-bond acceptors (Lipinski definition) is 4. The topological polar surface area (TPSA) is 69.3 Å². The first-order valence-electron chi connectivity index (χ1n) is 7.49. The summed E-state index contributed by atoms with van der Waals surface area (Å²) in [5, 5.41) is 0. The van der Waals surface area contributed by atoms with Crippen molar-refractivity contribution < 1.29 is 12.8 Å². The van der Waals surface area contributed by atoms with Crippen LogP contribution >= 0.6 is 0 Å². The zero-order chi connectivity index (χ0) is 17.3. The summed E-state index contributed by atoms with van der Waals surface area (Å²) in [6, 6.07) is 15.7. The van der Waals surface area contributed by atoms with Crippen molar-refractivity contribution in [2.75, 3.05) is 0 Å². The maximum absolute atomic E-state index is 12.9. The molecule has 1 atom stereocenters. The second-order valence-corrected chi connectivity index (χ2v) is 7.43. The van der Waals surface area contributed by atoms with Crippen LogP contribution in [0.5, 0.6) is 0 Å². The van der Waals surface area contributed by atoms with Gasteiger partial charge in [0.1, 0.15) is 6.26 Å². The Morgan fingerprint density at radius 2 is 1.62 bits per heavy atom. The highest BCUT2D eigenvalue weighted by Gasteiger charge is 2.27. The molecule has 24 heavy (non-hydrogen) atoms. The first-order chi connectivity index (χ1) is 11.4. The van der Waals surface area contributed by atoms with Crippen LogP contribution in [0.25, 0.3) is 0 Å². The summed E-state index contributed by atoms with van der Waals surface area (Å²) in [6.45, 7) is 3.70. The van der Waals surface area contributed by atoms with Crippen molar-refractivity contribution in [3.8, 4) is 0 Å². The molecule has 1 aromatic heterocycles. The minimum absolute atomic E-state index is 0.0538. The second-order valence-electron chi connectivity index (χ2n) is 5.64. The third-order valence-electron chi connectivity index (χ3n) is 3.98. The van der Waals surface area contributed by atoms with E-state index in [-0.39, 0.29) is 10.8 Å². The van der Waals surface area contributed by atoms with Gasteiger partial charge in [0.15, 0.2) is 0 Å². The third-order valence-corrected chi connectivity index (χ3v) is 5.69. The molecule has 0 spiro atoms. The van der Waals surface area contributed by atoms with Gasteiger partial charge in [-0.1, -0.05) is 55.0 Å². The Bertz CT molecular complexity index is 999. The Morgan fingerprint density at radius 1 is 1.00 bits per heavy atom. The number of nitrogens with zero attached hydrogens (tertiary/aromatic N) is 1. The predicted octanol–water partition coefficient (Wildman–Crippen LogP) is 3.14. The Labute approximate surface area is 140 Å². The molecule has 0 aliphatic rings. The van der Waals surface area contributed by atoms with E-state index in [2.05, 4.69) is 0 Å². The van der Waals surface area contributed by atoms with Crippen LogP contribution in [0.4, 0.5) is 0 Å². The Morgan fingerprint density at radius 3 is 2.25 bits per heavy atom. The normalized spacial score (nSPS) is 12.9. The van der Waals surface area contributed by atoms with Crippen LogP contribution in [0.2, 0.25) is 0 Å². The van der Waals surface area contributed by atoms with E-state index in [1.54, 1.807) is 12.1 Å². The summed E-state index contributed by atoms with van der Waals surface area (Å²) in [4.78, 5) is 12.1. The van der Waals surface area contributed by atoms with Crippen molar-refractivity contribution in [3.05, 3.63) is 88.2 Å². The molecule has 1 unspecified atom stereocenters. The van der Waals surface area contributed by atoms with Gasteiger partial charge in [-0.15, -0.1) is 0 Å². The molecule has 0 saturated heterocycles. The van der Waals surface area contributed by atoms with Gasteiger partial charge >= 0.3 is 5.76 Å². The van der Waals surface area contributed by atoms with E-state index in [1.165, 1.54) is 18.4 Å². The molecule has 0 amide bonds. The smallest absolute Gasteiger partial charge is 0.415 e. The lowest BCUT2D eigenvalue weighted by atomic mass is 9.99. The first kappa shape index (κ1) is 16.3. The zero-order valence-corrected chi connectivity index (χ0v) is 14.2. The molecule has 0 aliphatic heterocycles. The lowest BCUT2D eigenvalue weighted by Crippen LogP contribution is -2.26. The van der Waals surface area contributed by atoms with Gasteiger partial charge in [-0.05, 0) is 24.6 Å². The van der Waals surface area contributed by atoms with Crippen molar-refractivity contribution in [1.29, 1.82) is 0 Å². The molecule has 3 aromatic rings. The number of aromatic nitrogens is 1. The molecule has 0 aliphatic carbocycles. The first-order valence-corrected chi connectivity index (χ1v) is 8.93. The van der Waals surface area contributed by atoms with Crippen LogP contribution in [-0.2, 0) is 10.0 Å². The van der Waals surface area contributed by atoms with Crippen molar-refractivity contribution in [3.63, 3.8) is 0 Å². The fourth-order valence-electron chi connectivity index (χ4n) is 2.55. The van der Waals surface area contributed by atoms with Crippen molar-refractivity contribution in [1.82, 2.24) is 3.97 Å². The van der Waals surface area contributed by atoms with Gasteiger partial charge in [0.25, 0.3) is 10.0 Å². The molecule has 0 saturated carbocycles. The largest absolute Gasteiger partial charge is 0.433 e. The van der Waals surface area contributed by atoms with Crippen LogP contribution < -0.4 is 5.76 Å².